The highest BCUT2D eigenvalue weighted by Crippen LogP contribution is 2.45. The maximum atomic E-state index is 12.1. The Morgan fingerprint density at radius 3 is 2.47 bits per heavy atom. The second kappa shape index (κ2) is 4.52. The van der Waals surface area contributed by atoms with E-state index in [4.69, 9.17) is 4.74 Å². The number of carbonyl (C=O) groups is 1. The van der Waals surface area contributed by atoms with E-state index in [1.807, 2.05) is 12.1 Å². The summed E-state index contributed by atoms with van der Waals surface area (Å²) in [4.78, 5) is 12.1. The Morgan fingerprint density at radius 1 is 1.29 bits per heavy atom. The van der Waals surface area contributed by atoms with Gasteiger partial charge in [0.2, 0.25) is 0 Å². The highest BCUT2D eigenvalue weighted by Gasteiger charge is 2.41. The Hall–Kier alpha value is -1.31. The molecule has 92 valence electrons. The lowest BCUT2D eigenvalue weighted by Crippen LogP contribution is -2.31. The SMILES string of the molecule is COc1ccc(C)cc1C1(C(C)=O)CCCC1. The largest absolute Gasteiger partial charge is 0.496 e. The summed E-state index contributed by atoms with van der Waals surface area (Å²) in [5.74, 6) is 1.13. The van der Waals surface area contributed by atoms with Crippen molar-refractivity contribution in [3.8, 4) is 5.75 Å². The number of rotatable bonds is 3. The Kier molecular flexibility index (Phi) is 3.23. The van der Waals surface area contributed by atoms with Gasteiger partial charge < -0.3 is 4.74 Å². The van der Waals surface area contributed by atoms with Gasteiger partial charge in [0.15, 0.2) is 0 Å². The zero-order chi connectivity index (χ0) is 12.5. The van der Waals surface area contributed by atoms with Gasteiger partial charge in [0.05, 0.1) is 12.5 Å². The number of ether oxygens (including phenoxy) is 1. The van der Waals surface area contributed by atoms with Gasteiger partial charge in [-0.1, -0.05) is 30.5 Å². The number of benzene rings is 1. The Morgan fingerprint density at radius 2 is 1.94 bits per heavy atom. The summed E-state index contributed by atoms with van der Waals surface area (Å²) < 4.78 is 5.44. The second-order valence-corrected chi connectivity index (χ2v) is 5.05. The minimum absolute atomic E-state index is 0.277. The van der Waals surface area contributed by atoms with Gasteiger partial charge in [-0.3, -0.25) is 4.79 Å². The van der Waals surface area contributed by atoms with E-state index >= 15 is 0 Å². The molecular weight excluding hydrogens is 212 g/mol. The molecule has 1 aromatic rings. The quantitative estimate of drug-likeness (QED) is 0.798. The van der Waals surface area contributed by atoms with E-state index in [9.17, 15) is 4.79 Å². The molecule has 0 unspecified atom stereocenters. The first kappa shape index (κ1) is 12.2. The van der Waals surface area contributed by atoms with E-state index in [2.05, 4.69) is 13.0 Å². The molecule has 1 aromatic carbocycles. The molecule has 0 bridgehead atoms. The molecule has 2 nitrogen and oxygen atoms in total. The van der Waals surface area contributed by atoms with Crippen LogP contribution in [0.2, 0.25) is 0 Å². The molecule has 1 aliphatic carbocycles. The standard InChI is InChI=1S/C15H20O2/c1-11-6-7-14(17-3)13(10-11)15(12(2)16)8-4-5-9-15/h6-7,10H,4-5,8-9H2,1-3H3. The van der Waals surface area contributed by atoms with Gasteiger partial charge in [0.25, 0.3) is 0 Å². The molecule has 1 aliphatic rings. The number of hydrogen-bond donors (Lipinski definition) is 0. The summed E-state index contributed by atoms with van der Waals surface area (Å²) in [6.07, 6.45) is 4.19. The molecule has 1 fully saturated rings. The molecule has 1 saturated carbocycles. The van der Waals surface area contributed by atoms with Crippen LogP contribution in [0, 0.1) is 6.92 Å². The van der Waals surface area contributed by atoms with Crippen LogP contribution in [0.1, 0.15) is 43.7 Å². The summed E-state index contributed by atoms with van der Waals surface area (Å²) >= 11 is 0. The van der Waals surface area contributed by atoms with E-state index in [0.717, 1.165) is 37.0 Å². The zero-order valence-corrected chi connectivity index (χ0v) is 10.9. The fourth-order valence-corrected chi connectivity index (χ4v) is 2.99. The molecule has 0 amide bonds. The maximum absolute atomic E-state index is 12.1. The van der Waals surface area contributed by atoms with Crippen LogP contribution in [0.5, 0.6) is 5.75 Å². The average molecular weight is 232 g/mol. The van der Waals surface area contributed by atoms with Crippen molar-refractivity contribution in [2.75, 3.05) is 7.11 Å². The molecule has 0 heterocycles. The summed E-state index contributed by atoms with van der Waals surface area (Å²) in [5.41, 5.74) is 1.98. The number of carbonyl (C=O) groups excluding carboxylic acids is 1. The van der Waals surface area contributed by atoms with Crippen LogP contribution in [-0.2, 0) is 10.2 Å². The van der Waals surface area contributed by atoms with E-state index in [-0.39, 0.29) is 11.2 Å². The minimum atomic E-state index is -0.294. The highest BCUT2D eigenvalue weighted by molar-refractivity contribution is 5.89. The lowest BCUT2D eigenvalue weighted by molar-refractivity contribution is -0.122. The van der Waals surface area contributed by atoms with Gasteiger partial charge >= 0.3 is 0 Å². The molecule has 0 spiro atoms. The lowest BCUT2D eigenvalue weighted by Gasteiger charge is -2.28. The van der Waals surface area contributed by atoms with Crippen molar-refractivity contribution in [3.63, 3.8) is 0 Å². The van der Waals surface area contributed by atoms with Crippen molar-refractivity contribution in [1.82, 2.24) is 0 Å². The van der Waals surface area contributed by atoms with Crippen molar-refractivity contribution < 1.29 is 9.53 Å². The molecule has 17 heavy (non-hydrogen) atoms. The number of hydrogen-bond acceptors (Lipinski definition) is 2. The zero-order valence-electron chi connectivity index (χ0n) is 10.9. The first-order valence-corrected chi connectivity index (χ1v) is 6.26. The van der Waals surface area contributed by atoms with Gasteiger partial charge in [0.1, 0.15) is 11.5 Å². The van der Waals surface area contributed by atoms with E-state index < -0.39 is 0 Å². The summed E-state index contributed by atoms with van der Waals surface area (Å²) in [6, 6.07) is 6.13. The number of methoxy groups -OCH3 is 1. The number of Topliss-reactive ketones (excluding diaryl/α,β-unsaturated/α-hetero) is 1. The van der Waals surface area contributed by atoms with Crippen molar-refractivity contribution in [3.05, 3.63) is 29.3 Å². The maximum Gasteiger partial charge on any atom is 0.140 e. The molecule has 0 aliphatic heterocycles. The van der Waals surface area contributed by atoms with Crippen LogP contribution in [0.3, 0.4) is 0 Å². The lowest BCUT2D eigenvalue weighted by atomic mass is 9.75. The van der Waals surface area contributed by atoms with Gasteiger partial charge in [-0.05, 0) is 32.8 Å². The van der Waals surface area contributed by atoms with Crippen LogP contribution < -0.4 is 4.74 Å². The van der Waals surface area contributed by atoms with Crippen molar-refractivity contribution in [2.45, 2.75) is 44.9 Å². The summed E-state index contributed by atoms with van der Waals surface area (Å²) in [5, 5.41) is 0. The fraction of sp³-hybridized carbons (Fsp3) is 0.533. The van der Waals surface area contributed by atoms with Crippen LogP contribution >= 0.6 is 0 Å². The first-order chi connectivity index (χ1) is 8.10. The van der Waals surface area contributed by atoms with Crippen molar-refractivity contribution in [1.29, 1.82) is 0 Å². The predicted octanol–water partition coefficient (Wildman–Crippen LogP) is 3.40. The van der Waals surface area contributed by atoms with Gasteiger partial charge in [-0.15, -0.1) is 0 Å². The Balaban J connectivity index is 2.56. The summed E-state index contributed by atoms with van der Waals surface area (Å²) in [6.45, 7) is 3.78. The van der Waals surface area contributed by atoms with Gasteiger partial charge in [-0.2, -0.15) is 0 Å². The van der Waals surface area contributed by atoms with Gasteiger partial charge in [-0.25, -0.2) is 0 Å². The molecule has 0 saturated heterocycles. The van der Waals surface area contributed by atoms with E-state index in [1.54, 1.807) is 14.0 Å². The third-order valence-electron chi connectivity index (χ3n) is 4.00. The second-order valence-electron chi connectivity index (χ2n) is 5.05. The Bertz CT molecular complexity index is 429. The molecular formula is C15H20O2. The summed E-state index contributed by atoms with van der Waals surface area (Å²) in [7, 11) is 1.68. The topological polar surface area (TPSA) is 26.3 Å². The smallest absolute Gasteiger partial charge is 0.140 e. The van der Waals surface area contributed by atoms with Crippen LogP contribution in [0.25, 0.3) is 0 Å². The normalized spacial score (nSPS) is 18.1. The predicted molar refractivity (Wildman–Crippen MR) is 68.6 cm³/mol. The molecule has 0 atom stereocenters. The molecule has 0 radical (unpaired) electrons. The molecule has 2 rings (SSSR count). The molecule has 0 N–H and O–H groups in total. The van der Waals surface area contributed by atoms with Crippen molar-refractivity contribution in [2.24, 2.45) is 0 Å². The average Bonchev–Trinajstić information content (AvgIpc) is 2.79. The van der Waals surface area contributed by atoms with Crippen LogP contribution in [0.15, 0.2) is 18.2 Å². The fourth-order valence-electron chi connectivity index (χ4n) is 2.99. The van der Waals surface area contributed by atoms with Crippen LogP contribution in [-0.4, -0.2) is 12.9 Å². The first-order valence-electron chi connectivity index (χ1n) is 6.26. The van der Waals surface area contributed by atoms with Crippen molar-refractivity contribution >= 4 is 5.78 Å². The molecule has 2 heteroatoms. The van der Waals surface area contributed by atoms with E-state index in [1.165, 1.54) is 5.56 Å². The number of aryl methyl sites for hydroxylation is 1. The van der Waals surface area contributed by atoms with E-state index in [0.29, 0.717) is 0 Å². The van der Waals surface area contributed by atoms with Gasteiger partial charge in [0, 0.05) is 5.56 Å². The highest BCUT2D eigenvalue weighted by atomic mass is 16.5. The van der Waals surface area contributed by atoms with Crippen LogP contribution in [0.4, 0.5) is 0 Å². The third kappa shape index (κ3) is 1.97. The molecule has 0 aromatic heterocycles. The third-order valence-corrected chi connectivity index (χ3v) is 4.00. The monoisotopic (exact) mass is 232 g/mol. The number of ketones is 1. The minimum Gasteiger partial charge on any atom is -0.496 e. The Labute approximate surface area is 103 Å².